The van der Waals surface area contributed by atoms with Gasteiger partial charge in [0.25, 0.3) is 0 Å². The zero-order valence-electron chi connectivity index (χ0n) is 8.98. The molecule has 0 aromatic carbocycles. The van der Waals surface area contributed by atoms with E-state index in [-0.39, 0.29) is 5.75 Å². The van der Waals surface area contributed by atoms with Gasteiger partial charge in [-0.3, -0.25) is 0 Å². The Morgan fingerprint density at radius 1 is 1.47 bits per heavy atom. The molecule has 1 atom stereocenters. The molecule has 1 amide bonds. The van der Waals surface area contributed by atoms with Gasteiger partial charge in [0, 0.05) is 5.41 Å². The molecule has 5 nitrogen and oxygen atoms in total. The molecule has 1 heterocycles. The van der Waals surface area contributed by atoms with E-state index in [0.717, 1.165) is 5.41 Å². The molecule has 0 saturated heterocycles. The van der Waals surface area contributed by atoms with E-state index >= 15 is 0 Å². The van der Waals surface area contributed by atoms with Crippen LogP contribution in [0.15, 0.2) is 11.5 Å². The first-order valence-corrected chi connectivity index (χ1v) is 6.30. The Labute approximate surface area is 89.4 Å². The highest BCUT2D eigenvalue weighted by Gasteiger charge is 2.25. The molecule has 86 valence electrons. The van der Waals surface area contributed by atoms with Gasteiger partial charge in [0.1, 0.15) is 5.60 Å². The van der Waals surface area contributed by atoms with Gasteiger partial charge in [-0.05, 0) is 26.8 Å². The number of carbonyl (C=O) groups is 1. The first-order chi connectivity index (χ1) is 6.68. The Morgan fingerprint density at radius 2 is 2.07 bits per heavy atom. The van der Waals surface area contributed by atoms with Gasteiger partial charge in [-0.1, -0.05) is 0 Å². The van der Waals surface area contributed by atoms with Crippen LogP contribution in [-0.4, -0.2) is 31.9 Å². The van der Waals surface area contributed by atoms with Crippen LogP contribution in [0.5, 0.6) is 0 Å². The van der Waals surface area contributed by atoms with E-state index in [1.54, 1.807) is 20.8 Å². The minimum absolute atomic E-state index is 0.0910. The molecule has 1 aliphatic heterocycles. The maximum atomic E-state index is 11.3. The summed E-state index contributed by atoms with van der Waals surface area (Å²) in [5.41, 5.74) is -0.578. The summed E-state index contributed by atoms with van der Waals surface area (Å²) in [4.78, 5) is 11.3. The van der Waals surface area contributed by atoms with E-state index in [1.165, 1.54) is 6.08 Å². The fourth-order valence-corrected chi connectivity index (χ4v) is 2.36. The molecule has 0 radical (unpaired) electrons. The van der Waals surface area contributed by atoms with Crippen molar-refractivity contribution in [3.63, 3.8) is 0 Å². The molecule has 1 rings (SSSR count). The van der Waals surface area contributed by atoms with Crippen LogP contribution >= 0.6 is 0 Å². The Balaban J connectivity index is 2.45. The number of alkyl carbamates (subject to hydrolysis) is 1. The van der Waals surface area contributed by atoms with Crippen molar-refractivity contribution < 1.29 is 17.9 Å². The highest BCUT2D eigenvalue weighted by atomic mass is 32.2. The molecule has 0 spiro atoms. The van der Waals surface area contributed by atoms with Gasteiger partial charge in [0.15, 0.2) is 9.84 Å². The lowest BCUT2D eigenvalue weighted by atomic mass is 10.2. The number of rotatable bonds is 1. The molecule has 0 saturated carbocycles. The van der Waals surface area contributed by atoms with Gasteiger partial charge in [-0.2, -0.15) is 0 Å². The van der Waals surface area contributed by atoms with Gasteiger partial charge in [-0.15, -0.1) is 0 Å². The van der Waals surface area contributed by atoms with Crippen LogP contribution in [0.2, 0.25) is 0 Å². The highest BCUT2D eigenvalue weighted by Crippen LogP contribution is 2.10. The molecule has 1 N–H and O–H groups in total. The summed E-state index contributed by atoms with van der Waals surface area (Å²) in [6.07, 6.45) is 0.841. The summed E-state index contributed by atoms with van der Waals surface area (Å²) in [6.45, 7) is 5.23. The molecule has 0 fully saturated rings. The molecule has 6 heteroatoms. The van der Waals surface area contributed by atoms with E-state index in [1.807, 2.05) is 0 Å². The van der Waals surface area contributed by atoms with E-state index in [0.29, 0.717) is 0 Å². The lowest BCUT2D eigenvalue weighted by Crippen LogP contribution is -2.39. The van der Waals surface area contributed by atoms with E-state index < -0.39 is 27.6 Å². The molecule has 15 heavy (non-hydrogen) atoms. The molecule has 0 aromatic heterocycles. The van der Waals surface area contributed by atoms with E-state index in [2.05, 4.69) is 5.32 Å². The maximum absolute atomic E-state index is 11.3. The average molecular weight is 233 g/mol. The second-order valence-electron chi connectivity index (χ2n) is 4.41. The number of sulfone groups is 1. The third-order valence-electron chi connectivity index (χ3n) is 1.63. The largest absolute Gasteiger partial charge is 0.444 e. The second-order valence-corrected chi connectivity index (χ2v) is 6.34. The Morgan fingerprint density at radius 3 is 2.47 bits per heavy atom. The lowest BCUT2D eigenvalue weighted by molar-refractivity contribution is 0.0519. The number of nitrogens with one attached hydrogen (secondary N) is 1. The second kappa shape index (κ2) is 3.84. The summed E-state index contributed by atoms with van der Waals surface area (Å²) < 4.78 is 27.0. The van der Waals surface area contributed by atoms with Gasteiger partial charge in [0.05, 0.1) is 11.8 Å². The zero-order valence-corrected chi connectivity index (χ0v) is 9.80. The summed E-state index contributed by atoms with van der Waals surface area (Å²) in [5, 5.41) is 3.57. The van der Waals surface area contributed by atoms with Gasteiger partial charge >= 0.3 is 6.09 Å². The highest BCUT2D eigenvalue weighted by molar-refractivity contribution is 7.94. The number of ether oxygens (including phenoxy) is 1. The summed E-state index contributed by atoms with van der Waals surface area (Å²) in [5.74, 6) is -0.0910. The molecule has 1 aliphatic rings. The molecular formula is C9H15NO4S. The van der Waals surface area contributed by atoms with Crippen molar-refractivity contribution in [2.24, 2.45) is 0 Å². The van der Waals surface area contributed by atoms with Crippen LogP contribution in [0, 0.1) is 0 Å². The monoisotopic (exact) mass is 233 g/mol. The van der Waals surface area contributed by atoms with Crippen molar-refractivity contribution >= 4 is 15.9 Å². The van der Waals surface area contributed by atoms with Crippen molar-refractivity contribution in [3.05, 3.63) is 11.5 Å². The summed E-state index contributed by atoms with van der Waals surface area (Å²) in [7, 11) is -3.14. The lowest BCUT2D eigenvalue weighted by Gasteiger charge is -2.20. The van der Waals surface area contributed by atoms with E-state index in [4.69, 9.17) is 4.74 Å². The maximum Gasteiger partial charge on any atom is 0.408 e. The predicted octanol–water partition coefficient (Wildman–Crippen LogP) is 0.822. The van der Waals surface area contributed by atoms with Gasteiger partial charge in [0.2, 0.25) is 0 Å². The number of hydrogen-bond acceptors (Lipinski definition) is 4. The smallest absolute Gasteiger partial charge is 0.408 e. The quantitative estimate of drug-likeness (QED) is 0.727. The SMILES string of the molecule is CC(C)(C)OC(=O)NC1C=CS(=O)(=O)C1. The average Bonchev–Trinajstić information content (AvgIpc) is 2.25. The zero-order chi connectivity index (χ0) is 11.7. The first kappa shape index (κ1) is 12.0. The number of amides is 1. The van der Waals surface area contributed by atoms with Crippen molar-refractivity contribution in [1.29, 1.82) is 0 Å². The first-order valence-electron chi connectivity index (χ1n) is 4.58. The molecule has 0 aromatic rings. The molecule has 0 aliphatic carbocycles. The topological polar surface area (TPSA) is 72.5 Å². The van der Waals surface area contributed by atoms with Crippen LogP contribution < -0.4 is 5.32 Å². The summed E-state index contributed by atoms with van der Waals surface area (Å²) in [6, 6.07) is -0.482. The molecule has 1 unspecified atom stereocenters. The summed E-state index contributed by atoms with van der Waals surface area (Å²) >= 11 is 0. The Kier molecular flexibility index (Phi) is 3.08. The van der Waals surface area contributed by atoms with Crippen molar-refractivity contribution in [2.45, 2.75) is 32.4 Å². The van der Waals surface area contributed by atoms with E-state index in [9.17, 15) is 13.2 Å². The molecular weight excluding hydrogens is 218 g/mol. The predicted molar refractivity (Wildman–Crippen MR) is 56.1 cm³/mol. The van der Waals surface area contributed by atoms with Crippen LogP contribution in [0.1, 0.15) is 20.8 Å². The van der Waals surface area contributed by atoms with Crippen LogP contribution in [0.25, 0.3) is 0 Å². The van der Waals surface area contributed by atoms with Gasteiger partial charge in [-0.25, -0.2) is 13.2 Å². The fourth-order valence-electron chi connectivity index (χ4n) is 1.12. The standard InChI is InChI=1S/C9H15NO4S/c1-9(2,3)14-8(11)10-7-4-5-15(12,13)6-7/h4-5,7H,6H2,1-3H3,(H,10,11). The minimum Gasteiger partial charge on any atom is -0.444 e. The van der Waals surface area contributed by atoms with Crippen LogP contribution in [-0.2, 0) is 14.6 Å². The van der Waals surface area contributed by atoms with Crippen molar-refractivity contribution in [1.82, 2.24) is 5.32 Å². The molecule has 0 bridgehead atoms. The van der Waals surface area contributed by atoms with Crippen molar-refractivity contribution in [3.8, 4) is 0 Å². The Hall–Kier alpha value is -1.04. The Bertz CT molecular complexity index is 377. The van der Waals surface area contributed by atoms with Gasteiger partial charge < -0.3 is 10.1 Å². The third kappa shape index (κ3) is 4.33. The number of carbonyl (C=O) groups excluding carboxylic acids is 1. The van der Waals surface area contributed by atoms with Crippen LogP contribution in [0.3, 0.4) is 0 Å². The van der Waals surface area contributed by atoms with Crippen molar-refractivity contribution in [2.75, 3.05) is 5.75 Å². The minimum atomic E-state index is -3.14. The normalized spacial score (nSPS) is 23.8. The third-order valence-corrected chi connectivity index (χ3v) is 3.03. The number of hydrogen-bond donors (Lipinski definition) is 1. The fraction of sp³-hybridized carbons (Fsp3) is 0.667. The van der Waals surface area contributed by atoms with Crippen LogP contribution in [0.4, 0.5) is 4.79 Å².